The third-order valence-electron chi connectivity index (χ3n) is 5.44. The molecular weight excluding hydrogens is 428 g/mol. The van der Waals surface area contributed by atoms with Gasteiger partial charge in [0.1, 0.15) is 15.9 Å². The van der Waals surface area contributed by atoms with Gasteiger partial charge in [0.2, 0.25) is 0 Å². The van der Waals surface area contributed by atoms with Crippen LogP contribution in [0.5, 0.6) is 0 Å². The second kappa shape index (κ2) is 8.12. The summed E-state index contributed by atoms with van der Waals surface area (Å²) in [4.78, 5) is 23.2. The zero-order valence-corrected chi connectivity index (χ0v) is 18.5. The molecule has 1 aromatic heterocycles. The van der Waals surface area contributed by atoms with Crippen LogP contribution in [0.15, 0.2) is 10.8 Å². The van der Waals surface area contributed by atoms with Crippen LogP contribution in [0.25, 0.3) is 0 Å². The SMILES string of the molecule is C[C@@H]1OCC2(CCN(c3ncc(Br)nc3CO)CC2)[C@@H]1NC(=O)OC(C)(C)C. The second-order valence-corrected chi connectivity index (χ2v) is 9.42. The van der Waals surface area contributed by atoms with Crippen molar-refractivity contribution in [2.45, 2.75) is 64.9 Å². The lowest BCUT2D eigenvalue weighted by Gasteiger charge is -2.43. The number of aliphatic hydroxyl groups excluding tert-OH is 1. The molecule has 0 aromatic carbocycles. The molecule has 2 fully saturated rings. The molecule has 1 amide bonds. The van der Waals surface area contributed by atoms with E-state index in [0.29, 0.717) is 22.7 Å². The van der Waals surface area contributed by atoms with Crippen molar-refractivity contribution in [3.63, 3.8) is 0 Å². The average molecular weight is 457 g/mol. The van der Waals surface area contributed by atoms with E-state index in [-0.39, 0.29) is 24.2 Å². The summed E-state index contributed by atoms with van der Waals surface area (Å²) in [6.45, 7) is 9.52. The van der Waals surface area contributed by atoms with Gasteiger partial charge in [-0.1, -0.05) is 0 Å². The highest BCUT2D eigenvalue weighted by atomic mass is 79.9. The molecule has 2 aliphatic rings. The number of rotatable bonds is 3. The smallest absolute Gasteiger partial charge is 0.407 e. The largest absolute Gasteiger partial charge is 0.444 e. The fraction of sp³-hybridized carbons (Fsp3) is 0.737. The Hall–Kier alpha value is -1.45. The van der Waals surface area contributed by atoms with E-state index in [4.69, 9.17) is 9.47 Å². The van der Waals surface area contributed by atoms with Crippen molar-refractivity contribution in [2.75, 3.05) is 24.6 Å². The molecule has 0 bridgehead atoms. The summed E-state index contributed by atoms with van der Waals surface area (Å²) in [5.41, 5.74) is -0.107. The number of anilines is 1. The van der Waals surface area contributed by atoms with Gasteiger partial charge in [-0.25, -0.2) is 14.8 Å². The van der Waals surface area contributed by atoms with Crippen molar-refractivity contribution in [3.8, 4) is 0 Å². The molecule has 2 aliphatic heterocycles. The molecule has 0 radical (unpaired) electrons. The molecule has 28 heavy (non-hydrogen) atoms. The number of piperidine rings is 1. The van der Waals surface area contributed by atoms with Gasteiger partial charge < -0.3 is 24.8 Å². The van der Waals surface area contributed by atoms with E-state index >= 15 is 0 Å². The number of carbonyl (C=O) groups is 1. The lowest BCUT2D eigenvalue weighted by molar-refractivity contribution is 0.0434. The number of aliphatic hydroxyl groups is 1. The van der Waals surface area contributed by atoms with Crippen molar-refractivity contribution in [2.24, 2.45) is 5.41 Å². The van der Waals surface area contributed by atoms with E-state index in [2.05, 4.69) is 36.1 Å². The lowest BCUT2D eigenvalue weighted by atomic mass is 9.73. The van der Waals surface area contributed by atoms with E-state index < -0.39 is 11.7 Å². The minimum atomic E-state index is -0.537. The maximum Gasteiger partial charge on any atom is 0.407 e. The van der Waals surface area contributed by atoms with Gasteiger partial charge >= 0.3 is 6.09 Å². The van der Waals surface area contributed by atoms with Gasteiger partial charge in [-0.15, -0.1) is 0 Å². The summed E-state index contributed by atoms with van der Waals surface area (Å²) in [5.74, 6) is 0.712. The number of nitrogens with zero attached hydrogens (tertiary/aromatic N) is 3. The van der Waals surface area contributed by atoms with E-state index in [1.807, 2.05) is 27.7 Å². The quantitative estimate of drug-likeness (QED) is 0.721. The predicted molar refractivity (Wildman–Crippen MR) is 108 cm³/mol. The maximum absolute atomic E-state index is 12.3. The van der Waals surface area contributed by atoms with Crippen LogP contribution >= 0.6 is 15.9 Å². The molecule has 2 saturated heterocycles. The number of alkyl carbamates (subject to hydrolysis) is 1. The molecule has 1 aromatic rings. The molecule has 3 rings (SSSR count). The standard InChI is InChI=1S/C19H29BrN4O4/c1-12-15(23-17(26)28-18(2,3)4)19(11-27-12)5-7-24(8-6-19)16-13(10-25)22-14(20)9-21-16/h9,12,15,25H,5-8,10-11H2,1-4H3,(H,23,26)/t12-,15+/m0/s1. The van der Waals surface area contributed by atoms with Gasteiger partial charge in [0.05, 0.1) is 31.6 Å². The Bertz CT molecular complexity index is 716. The minimum Gasteiger partial charge on any atom is -0.444 e. The van der Waals surface area contributed by atoms with Crippen LogP contribution in [0.3, 0.4) is 0 Å². The molecule has 2 atom stereocenters. The Morgan fingerprint density at radius 3 is 2.75 bits per heavy atom. The molecule has 0 aliphatic carbocycles. The van der Waals surface area contributed by atoms with Crippen LogP contribution in [0.4, 0.5) is 10.6 Å². The fourth-order valence-electron chi connectivity index (χ4n) is 4.07. The van der Waals surface area contributed by atoms with Crippen LogP contribution in [-0.2, 0) is 16.1 Å². The van der Waals surface area contributed by atoms with Gasteiger partial charge in [0, 0.05) is 18.5 Å². The zero-order valence-electron chi connectivity index (χ0n) is 16.9. The summed E-state index contributed by atoms with van der Waals surface area (Å²) in [5, 5.41) is 12.7. The van der Waals surface area contributed by atoms with Crippen molar-refractivity contribution in [1.82, 2.24) is 15.3 Å². The van der Waals surface area contributed by atoms with Crippen molar-refractivity contribution < 1.29 is 19.4 Å². The minimum absolute atomic E-state index is 0.0699. The Morgan fingerprint density at radius 2 is 2.14 bits per heavy atom. The van der Waals surface area contributed by atoms with E-state index in [1.165, 1.54) is 0 Å². The number of amides is 1. The molecule has 156 valence electrons. The predicted octanol–water partition coefficient (Wildman–Crippen LogP) is 2.63. The van der Waals surface area contributed by atoms with Crippen LogP contribution in [-0.4, -0.2) is 58.6 Å². The molecule has 3 heterocycles. The molecular formula is C19H29BrN4O4. The number of halogens is 1. The van der Waals surface area contributed by atoms with Gasteiger partial charge in [0.25, 0.3) is 0 Å². The molecule has 8 nitrogen and oxygen atoms in total. The number of hydrogen-bond acceptors (Lipinski definition) is 7. The topological polar surface area (TPSA) is 96.8 Å². The first-order chi connectivity index (χ1) is 13.1. The lowest BCUT2D eigenvalue weighted by Crippen LogP contribution is -2.55. The normalized spacial score (nSPS) is 24.4. The van der Waals surface area contributed by atoms with Crippen LogP contribution < -0.4 is 10.2 Å². The highest BCUT2D eigenvalue weighted by Crippen LogP contribution is 2.43. The number of hydrogen-bond donors (Lipinski definition) is 2. The molecule has 0 unspecified atom stereocenters. The Balaban J connectivity index is 1.70. The first kappa shape index (κ1) is 21.3. The molecule has 0 saturated carbocycles. The summed E-state index contributed by atoms with van der Waals surface area (Å²) < 4.78 is 12.0. The maximum atomic E-state index is 12.3. The molecule has 2 N–H and O–H groups in total. The van der Waals surface area contributed by atoms with Crippen LogP contribution in [0.2, 0.25) is 0 Å². The van der Waals surface area contributed by atoms with Crippen molar-refractivity contribution in [1.29, 1.82) is 0 Å². The van der Waals surface area contributed by atoms with Gasteiger partial charge in [-0.05, 0) is 56.5 Å². The van der Waals surface area contributed by atoms with E-state index in [9.17, 15) is 9.90 Å². The van der Waals surface area contributed by atoms with E-state index in [1.54, 1.807) is 6.20 Å². The number of ether oxygens (including phenoxy) is 2. The highest BCUT2D eigenvalue weighted by Gasteiger charge is 2.50. The number of aromatic nitrogens is 2. The number of carbonyl (C=O) groups excluding carboxylic acids is 1. The van der Waals surface area contributed by atoms with Gasteiger partial charge in [0.15, 0.2) is 5.82 Å². The summed E-state index contributed by atoms with van der Waals surface area (Å²) in [6, 6.07) is -0.0992. The summed E-state index contributed by atoms with van der Waals surface area (Å²) in [7, 11) is 0. The second-order valence-electron chi connectivity index (χ2n) is 8.61. The third kappa shape index (κ3) is 4.58. The third-order valence-corrected chi connectivity index (χ3v) is 5.82. The molecule has 1 spiro atoms. The Kier molecular flexibility index (Phi) is 6.17. The molecule has 9 heteroatoms. The first-order valence-corrected chi connectivity index (χ1v) is 10.4. The fourth-order valence-corrected chi connectivity index (χ4v) is 4.39. The Labute approximate surface area is 174 Å². The Morgan fingerprint density at radius 1 is 1.46 bits per heavy atom. The zero-order chi connectivity index (χ0) is 20.5. The van der Waals surface area contributed by atoms with Crippen LogP contribution in [0.1, 0.15) is 46.2 Å². The van der Waals surface area contributed by atoms with Crippen LogP contribution in [0, 0.1) is 5.41 Å². The highest BCUT2D eigenvalue weighted by molar-refractivity contribution is 9.10. The number of nitrogens with one attached hydrogen (secondary N) is 1. The first-order valence-electron chi connectivity index (χ1n) is 9.62. The summed E-state index contributed by atoms with van der Waals surface area (Å²) >= 11 is 3.30. The van der Waals surface area contributed by atoms with E-state index in [0.717, 1.165) is 25.9 Å². The monoisotopic (exact) mass is 456 g/mol. The average Bonchev–Trinajstić information content (AvgIpc) is 2.90. The van der Waals surface area contributed by atoms with Crippen molar-refractivity contribution in [3.05, 3.63) is 16.5 Å². The van der Waals surface area contributed by atoms with Crippen molar-refractivity contribution >= 4 is 27.8 Å². The van der Waals surface area contributed by atoms with Gasteiger partial charge in [-0.2, -0.15) is 0 Å². The summed E-state index contributed by atoms with van der Waals surface area (Å²) in [6.07, 6.45) is 2.87. The van der Waals surface area contributed by atoms with Gasteiger partial charge in [-0.3, -0.25) is 0 Å².